The first-order valence-electron chi connectivity index (χ1n) is 7.61. The molecule has 0 aromatic heterocycles. The molecule has 0 saturated carbocycles. The zero-order valence-electron chi connectivity index (χ0n) is 12.7. The fourth-order valence-corrected chi connectivity index (χ4v) is 2.64. The van der Waals surface area contributed by atoms with E-state index in [2.05, 4.69) is 0 Å². The van der Waals surface area contributed by atoms with Gasteiger partial charge in [0.1, 0.15) is 5.75 Å². The molecule has 0 bridgehead atoms. The Hall–Kier alpha value is -2.32. The second-order valence-electron chi connectivity index (χ2n) is 5.27. The number of benzene rings is 3. The summed E-state index contributed by atoms with van der Waals surface area (Å²) < 4.78 is 5.56. The smallest absolute Gasteiger partial charge is 0.193 e. The van der Waals surface area contributed by atoms with Crippen LogP contribution in [0.25, 0.3) is 10.8 Å². The maximum atomic E-state index is 12.8. The lowest BCUT2D eigenvalue weighted by Crippen LogP contribution is -2.03. The molecule has 0 fully saturated rings. The number of halogens is 1. The van der Waals surface area contributed by atoms with E-state index in [1.54, 1.807) is 12.1 Å². The lowest BCUT2D eigenvalue weighted by Gasteiger charge is -2.08. The Morgan fingerprint density at radius 1 is 0.913 bits per heavy atom. The van der Waals surface area contributed by atoms with Crippen LogP contribution in [0, 0.1) is 0 Å². The van der Waals surface area contributed by atoms with Crippen LogP contribution in [-0.4, -0.2) is 18.3 Å². The van der Waals surface area contributed by atoms with Crippen LogP contribution >= 0.6 is 11.6 Å². The molecule has 0 N–H and O–H groups in total. The number of carbonyl (C=O) groups excluding carboxylic acids is 1. The van der Waals surface area contributed by atoms with Gasteiger partial charge in [0.2, 0.25) is 0 Å². The minimum Gasteiger partial charge on any atom is -0.494 e. The van der Waals surface area contributed by atoms with Gasteiger partial charge in [-0.1, -0.05) is 42.5 Å². The van der Waals surface area contributed by atoms with Crippen molar-refractivity contribution in [3.63, 3.8) is 0 Å². The van der Waals surface area contributed by atoms with Crippen molar-refractivity contribution in [1.82, 2.24) is 0 Å². The van der Waals surface area contributed by atoms with Gasteiger partial charge in [0.25, 0.3) is 0 Å². The Morgan fingerprint density at radius 2 is 1.65 bits per heavy atom. The van der Waals surface area contributed by atoms with Crippen molar-refractivity contribution in [2.45, 2.75) is 6.42 Å². The predicted octanol–water partition coefficient (Wildman–Crippen LogP) is 5.08. The summed E-state index contributed by atoms with van der Waals surface area (Å²) in [7, 11) is 0. The average molecular weight is 325 g/mol. The molecule has 0 radical (unpaired) electrons. The van der Waals surface area contributed by atoms with Crippen molar-refractivity contribution in [2.24, 2.45) is 0 Å². The molecule has 0 atom stereocenters. The maximum absolute atomic E-state index is 12.8. The minimum absolute atomic E-state index is 0.0223. The zero-order valence-corrected chi connectivity index (χ0v) is 13.4. The first kappa shape index (κ1) is 15.6. The average Bonchev–Trinajstić information content (AvgIpc) is 2.61. The number of hydrogen-bond acceptors (Lipinski definition) is 2. The fraction of sp³-hybridized carbons (Fsp3) is 0.150. The van der Waals surface area contributed by atoms with Gasteiger partial charge in [0.15, 0.2) is 5.78 Å². The van der Waals surface area contributed by atoms with Gasteiger partial charge in [-0.3, -0.25) is 4.79 Å². The maximum Gasteiger partial charge on any atom is 0.193 e. The quantitative estimate of drug-likeness (QED) is 0.359. The molecule has 3 aromatic carbocycles. The molecule has 2 nitrogen and oxygen atoms in total. The van der Waals surface area contributed by atoms with Crippen LogP contribution in [0.5, 0.6) is 5.75 Å². The van der Waals surface area contributed by atoms with E-state index in [4.69, 9.17) is 16.3 Å². The predicted molar refractivity (Wildman–Crippen MR) is 94.7 cm³/mol. The van der Waals surface area contributed by atoms with E-state index < -0.39 is 0 Å². The third-order valence-electron chi connectivity index (χ3n) is 3.70. The van der Waals surface area contributed by atoms with Crippen LogP contribution in [-0.2, 0) is 0 Å². The van der Waals surface area contributed by atoms with E-state index in [1.165, 1.54) is 0 Å². The highest BCUT2D eigenvalue weighted by molar-refractivity contribution is 6.17. The lowest BCUT2D eigenvalue weighted by molar-refractivity contribution is 0.104. The van der Waals surface area contributed by atoms with Crippen molar-refractivity contribution in [3.8, 4) is 5.75 Å². The molecule has 0 saturated heterocycles. The molecule has 3 heteroatoms. The Balaban J connectivity index is 1.85. The standard InChI is InChI=1S/C20H17ClO2/c21-13-4-14-23-17-11-9-16(10-12-17)20(22)19-8-3-6-15-5-1-2-7-18(15)19/h1-3,5-12H,4,13-14H2. The summed E-state index contributed by atoms with van der Waals surface area (Å²) in [4.78, 5) is 12.8. The molecule has 0 aliphatic rings. The van der Waals surface area contributed by atoms with E-state index in [9.17, 15) is 4.79 Å². The molecule has 116 valence electrons. The number of ether oxygens (including phenoxy) is 1. The van der Waals surface area contributed by atoms with Gasteiger partial charge in [-0.2, -0.15) is 0 Å². The topological polar surface area (TPSA) is 26.3 Å². The Bertz CT molecular complexity index is 804. The molecule has 3 rings (SSSR count). The highest BCUT2D eigenvalue weighted by Crippen LogP contribution is 2.22. The van der Waals surface area contributed by atoms with Crippen molar-refractivity contribution in [2.75, 3.05) is 12.5 Å². The van der Waals surface area contributed by atoms with E-state index in [-0.39, 0.29) is 5.78 Å². The van der Waals surface area contributed by atoms with Crippen LogP contribution in [0.1, 0.15) is 22.3 Å². The molecule has 0 aliphatic carbocycles. The van der Waals surface area contributed by atoms with E-state index >= 15 is 0 Å². The number of rotatable bonds is 6. The largest absolute Gasteiger partial charge is 0.494 e. The van der Waals surface area contributed by atoms with E-state index in [0.717, 1.165) is 28.5 Å². The van der Waals surface area contributed by atoms with Gasteiger partial charge < -0.3 is 4.74 Å². The van der Waals surface area contributed by atoms with Gasteiger partial charge in [-0.25, -0.2) is 0 Å². The monoisotopic (exact) mass is 324 g/mol. The summed E-state index contributed by atoms with van der Waals surface area (Å²) in [6, 6.07) is 21.0. The summed E-state index contributed by atoms with van der Waals surface area (Å²) in [6.45, 7) is 0.583. The van der Waals surface area contributed by atoms with Crippen LogP contribution in [0.4, 0.5) is 0 Å². The van der Waals surface area contributed by atoms with E-state index in [1.807, 2.05) is 54.6 Å². The molecular formula is C20H17ClO2. The fourth-order valence-electron chi connectivity index (χ4n) is 2.53. The number of ketones is 1. The Kier molecular flexibility index (Phi) is 4.94. The molecule has 0 heterocycles. The molecule has 23 heavy (non-hydrogen) atoms. The number of carbonyl (C=O) groups is 1. The Labute approximate surface area is 140 Å². The number of alkyl halides is 1. The highest BCUT2D eigenvalue weighted by Gasteiger charge is 2.12. The highest BCUT2D eigenvalue weighted by atomic mass is 35.5. The molecule has 0 spiro atoms. The first-order valence-corrected chi connectivity index (χ1v) is 8.14. The van der Waals surface area contributed by atoms with Gasteiger partial charge >= 0.3 is 0 Å². The minimum atomic E-state index is 0.0223. The second kappa shape index (κ2) is 7.30. The lowest BCUT2D eigenvalue weighted by atomic mass is 9.97. The van der Waals surface area contributed by atoms with Crippen molar-refractivity contribution in [1.29, 1.82) is 0 Å². The normalized spacial score (nSPS) is 10.7. The van der Waals surface area contributed by atoms with Crippen molar-refractivity contribution in [3.05, 3.63) is 77.9 Å². The summed E-state index contributed by atoms with van der Waals surface area (Å²) >= 11 is 5.63. The van der Waals surface area contributed by atoms with Gasteiger partial charge in [0, 0.05) is 17.0 Å². The zero-order chi connectivity index (χ0) is 16.1. The molecule has 3 aromatic rings. The molecular weight excluding hydrogens is 308 g/mol. The van der Waals surface area contributed by atoms with Gasteiger partial charge in [-0.15, -0.1) is 11.6 Å². The van der Waals surface area contributed by atoms with Crippen LogP contribution in [0.15, 0.2) is 66.7 Å². The third kappa shape index (κ3) is 3.54. The molecule has 0 unspecified atom stereocenters. The summed E-state index contributed by atoms with van der Waals surface area (Å²) in [5.41, 5.74) is 1.38. The number of fused-ring (bicyclic) bond motifs is 1. The SMILES string of the molecule is O=C(c1ccc(OCCCCl)cc1)c1cccc2ccccc12. The van der Waals surface area contributed by atoms with Crippen LogP contribution < -0.4 is 4.74 Å². The molecule has 0 amide bonds. The summed E-state index contributed by atoms with van der Waals surface area (Å²) in [5, 5.41) is 2.04. The van der Waals surface area contributed by atoms with Crippen LogP contribution in [0.3, 0.4) is 0 Å². The number of hydrogen-bond donors (Lipinski definition) is 0. The second-order valence-corrected chi connectivity index (χ2v) is 5.65. The van der Waals surface area contributed by atoms with Crippen LogP contribution in [0.2, 0.25) is 0 Å². The van der Waals surface area contributed by atoms with E-state index in [0.29, 0.717) is 18.1 Å². The van der Waals surface area contributed by atoms with Gasteiger partial charge in [-0.05, 0) is 41.5 Å². The first-order chi connectivity index (χ1) is 11.3. The van der Waals surface area contributed by atoms with Crippen molar-refractivity contribution >= 4 is 28.2 Å². The third-order valence-corrected chi connectivity index (χ3v) is 3.96. The van der Waals surface area contributed by atoms with Gasteiger partial charge in [0.05, 0.1) is 6.61 Å². The summed E-state index contributed by atoms with van der Waals surface area (Å²) in [5.74, 6) is 1.36. The Morgan fingerprint density at radius 3 is 2.43 bits per heavy atom. The summed E-state index contributed by atoms with van der Waals surface area (Å²) in [6.07, 6.45) is 0.804. The van der Waals surface area contributed by atoms with Crippen molar-refractivity contribution < 1.29 is 9.53 Å². The molecule has 0 aliphatic heterocycles.